The number of hydrogen-bond acceptors (Lipinski definition) is 4. The van der Waals surface area contributed by atoms with Gasteiger partial charge in [-0.2, -0.15) is 4.98 Å². The summed E-state index contributed by atoms with van der Waals surface area (Å²) in [6, 6.07) is 10.3. The zero-order valence-electron chi connectivity index (χ0n) is 15.5. The van der Waals surface area contributed by atoms with E-state index in [4.69, 9.17) is 0 Å². The summed E-state index contributed by atoms with van der Waals surface area (Å²) < 4.78 is 0.805. The van der Waals surface area contributed by atoms with Crippen LogP contribution in [0.25, 0.3) is 0 Å². The van der Waals surface area contributed by atoms with Gasteiger partial charge in [-0.15, -0.1) is 0 Å². The first-order valence-corrected chi connectivity index (χ1v) is 9.65. The summed E-state index contributed by atoms with van der Waals surface area (Å²) in [6.07, 6.45) is 6.43. The second-order valence-electron chi connectivity index (χ2n) is 7.32. The number of rotatable bonds is 7. The van der Waals surface area contributed by atoms with Crippen molar-refractivity contribution in [3.05, 3.63) is 70.5 Å². The van der Waals surface area contributed by atoms with Crippen molar-refractivity contribution in [2.24, 2.45) is 5.92 Å². The Balaban J connectivity index is 1.75. The molecular formula is C21H25BrN4. The van der Waals surface area contributed by atoms with Gasteiger partial charge in [0.1, 0.15) is 5.82 Å². The molecule has 1 aliphatic carbocycles. The number of nitrogens with zero attached hydrogens (tertiary/aromatic N) is 2. The topological polar surface area (TPSA) is 49.8 Å². The molecule has 1 saturated carbocycles. The molecule has 1 aromatic heterocycles. The molecule has 26 heavy (non-hydrogen) atoms. The van der Waals surface area contributed by atoms with Gasteiger partial charge in [0.15, 0.2) is 0 Å². The summed E-state index contributed by atoms with van der Waals surface area (Å²) in [5, 5.41) is 6.70. The summed E-state index contributed by atoms with van der Waals surface area (Å²) in [4.78, 5) is 9.02. The molecule has 2 aromatic rings. The van der Waals surface area contributed by atoms with Gasteiger partial charge in [0, 0.05) is 11.9 Å². The lowest BCUT2D eigenvalue weighted by Crippen LogP contribution is -2.29. The van der Waals surface area contributed by atoms with Gasteiger partial charge >= 0.3 is 0 Å². The van der Waals surface area contributed by atoms with Crippen molar-refractivity contribution in [1.29, 1.82) is 0 Å². The standard InChI is InChI=1S/C21H25BrN4/c1-14(16-10-11-16)12-15(2)24-19-18(22)13-23-20(25-19)26-21(3,4)17-8-6-5-7-9-17/h5-9,12-13,16H,2,10-11H2,1,3-4H3,(H2,23,24,25,26)/b14-12+. The van der Waals surface area contributed by atoms with Crippen molar-refractivity contribution in [2.75, 3.05) is 10.6 Å². The average molecular weight is 413 g/mol. The summed E-state index contributed by atoms with van der Waals surface area (Å²) in [6.45, 7) is 10.5. The number of hydrogen-bond donors (Lipinski definition) is 2. The van der Waals surface area contributed by atoms with Crippen LogP contribution in [0, 0.1) is 5.92 Å². The maximum Gasteiger partial charge on any atom is 0.225 e. The molecule has 1 aromatic carbocycles. The van der Waals surface area contributed by atoms with Crippen LogP contribution < -0.4 is 10.6 Å². The second-order valence-corrected chi connectivity index (χ2v) is 8.17. The molecule has 0 atom stereocenters. The molecular weight excluding hydrogens is 388 g/mol. The van der Waals surface area contributed by atoms with E-state index in [9.17, 15) is 0 Å². The largest absolute Gasteiger partial charge is 0.345 e. The SMILES string of the molecule is C=C(/C=C(\C)C1CC1)Nc1nc(NC(C)(C)c2ccccc2)ncc1Br. The lowest BCUT2D eigenvalue weighted by atomic mass is 9.95. The Morgan fingerprint density at radius 1 is 1.27 bits per heavy atom. The van der Waals surface area contributed by atoms with Crippen LogP contribution in [0.2, 0.25) is 0 Å². The maximum absolute atomic E-state index is 4.62. The molecule has 0 saturated heterocycles. The number of aromatic nitrogens is 2. The third-order valence-electron chi connectivity index (χ3n) is 4.57. The van der Waals surface area contributed by atoms with Crippen LogP contribution in [0.5, 0.6) is 0 Å². The van der Waals surface area contributed by atoms with E-state index in [2.05, 4.69) is 82.1 Å². The molecule has 0 unspecified atom stereocenters. The van der Waals surface area contributed by atoms with Crippen LogP contribution in [0.1, 0.15) is 39.2 Å². The quantitative estimate of drug-likeness (QED) is 0.558. The Kier molecular flexibility index (Phi) is 5.47. The van der Waals surface area contributed by atoms with Crippen molar-refractivity contribution < 1.29 is 0 Å². The first kappa shape index (κ1) is 18.6. The number of allylic oxidation sites excluding steroid dienone is 2. The van der Waals surface area contributed by atoms with Crippen molar-refractivity contribution >= 4 is 27.7 Å². The number of anilines is 2. The van der Waals surface area contributed by atoms with Crippen LogP contribution in [0.4, 0.5) is 11.8 Å². The first-order chi connectivity index (χ1) is 12.3. The highest BCUT2D eigenvalue weighted by molar-refractivity contribution is 9.10. The Morgan fingerprint density at radius 3 is 2.62 bits per heavy atom. The minimum atomic E-state index is -0.286. The molecule has 4 nitrogen and oxygen atoms in total. The van der Waals surface area contributed by atoms with Crippen LogP contribution in [0.15, 0.2) is 64.9 Å². The highest BCUT2D eigenvalue weighted by Gasteiger charge is 2.23. The molecule has 1 aliphatic rings. The second kappa shape index (κ2) is 7.62. The van der Waals surface area contributed by atoms with Gasteiger partial charge in [-0.3, -0.25) is 0 Å². The minimum absolute atomic E-state index is 0.286. The fourth-order valence-corrected chi connectivity index (χ4v) is 3.13. The van der Waals surface area contributed by atoms with E-state index in [1.807, 2.05) is 18.2 Å². The zero-order valence-corrected chi connectivity index (χ0v) is 17.1. The van der Waals surface area contributed by atoms with Crippen molar-refractivity contribution in [2.45, 2.75) is 39.2 Å². The third-order valence-corrected chi connectivity index (χ3v) is 5.15. The van der Waals surface area contributed by atoms with Gasteiger partial charge in [0.25, 0.3) is 0 Å². The van der Waals surface area contributed by atoms with E-state index < -0.39 is 0 Å². The van der Waals surface area contributed by atoms with Crippen molar-refractivity contribution in [3.8, 4) is 0 Å². The molecule has 5 heteroatoms. The third kappa shape index (κ3) is 4.73. The molecule has 0 spiro atoms. The fraction of sp³-hybridized carbons (Fsp3) is 0.333. The van der Waals surface area contributed by atoms with Crippen molar-refractivity contribution in [3.63, 3.8) is 0 Å². The summed E-state index contributed by atoms with van der Waals surface area (Å²) in [7, 11) is 0. The Labute approximate surface area is 164 Å². The fourth-order valence-electron chi connectivity index (χ4n) is 2.84. The van der Waals surface area contributed by atoms with Crippen molar-refractivity contribution in [1.82, 2.24) is 9.97 Å². The van der Waals surface area contributed by atoms with Gasteiger partial charge < -0.3 is 10.6 Å². The highest BCUT2D eigenvalue weighted by Crippen LogP contribution is 2.36. The minimum Gasteiger partial charge on any atom is -0.345 e. The smallest absolute Gasteiger partial charge is 0.225 e. The lowest BCUT2D eigenvalue weighted by Gasteiger charge is -2.27. The monoisotopic (exact) mass is 412 g/mol. The molecule has 3 rings (SSSR count). The summed E-state index contributed by atoms with van der Waals surface area (Å²) >= 11 is 3.51. The van der Waals surface area contributed by atoms with Gasteiger partial charge in [0.05, 0.1) is 10.0 Å². The Bertz CT molecular complexity index is 823. The highest BCUT2D eigenvalue weighted by atomic mass is 79.9. The Hall–Kier alpha value is -2.14. The predicted molar refractivity (Wildman–Crippen MR) is 112 cm³/mol. The van der Waals surface area contributed by atoms with Gasteiger partial charge in [-0.1, -0.05) is 42.5 Å². The van der Waals surface area contributed by atoms with Crippen LogP contribution >= 0.6 is 15.9 Å². The van der Waals surface area contributed by atoms with Crippen LogP contribution in [-0.4, -0.2) is 9.97 Å². The summed E-state index contributed by atoms with van der Waals surface area (Å²) in [5.74, 6) is 2.00. The van der Waals surface area contributed by atoms with Gasteiger partial charge in [0.2, 0.25) is 5.95 Å². The van der Waals surface area contributed by atoms with Crippen LogP contribution in [-0.2, 0) is 5.54 Å². The van der Waals surface area contributed by atoms with Gasteiger partial charge in [-0.25, -0.2) is 4.98 Å². The molecule has 2 N–H and O–H groups in total. The normalized spacial score (nSPS) is 14.8. The molecule has 0 aliphatic heterocycles. The predicted octanol–water partition coefficient (Wildman–Crippen LogP) is 5.87. The van der Waals surface area contributed by atoms with E-state index in [1.54, 1.807) is 6.20 Å². The van der Waals surface area contributed by atoms with Crippen LogP contribution in [0.3, 0.4) is 0 Å². The van der Waals surface area contributed by atoms with E-state index in [0.717, 1.165) is 16.1 Å². The molecule has 0 bridgehead atoms. The Morgan fingerprint density at radius 2 is 1.96 bits per heavy atom. The molecule has 136 valence electrons. The first-order valence-electron chi connectivity index (χ1n) is 8.85. The molecule has 0 radical (unpaired) electrons. The molecule has 1 heterocycles. The maximum atomic E-state index is 4.62. The van der Waals surface area contributed by atoms with E-state index in [1.165, 1.54) is 24.0 Å². The van der Waals surface area contributed by atoms with E-state index in [-0.39, 0.29) is 5.54 Å². The number of halogens is 1. The zero-order chi connectivity index (χ0) is 18.7. The number of benzene rings is 1. The van der Waals surface area contributed by atoms with E-state index >= 15 is 0 Å². The molecule has 1 fully saturated rings. The number of nitrogens with one attached hydrogen (secondary N) is 2. The van der Waals surface area contributed by atoms with E-state index in [0.29, 0.717) is 11.8 Å². The lowest BCUT2D eigenvalue weighted by molar-refractivity contribution is 0.602. The molecule has 0 amide bonds. The average Bonchev–Trinajstić information content (AvgIpc) is 3.43. The summed E-state index contributed by atoms with van der Waals surface area (Å²) in [5.41, 5.74) is 3.10. The van der Waals surface area contributed by atoms with Gasteiger partial charge in [-0.05, 0) is 67.1 Å².